The van der Waals surface area contributed by atoms with E-state index in [1.807, 2.05) is 73.8 Å². The number of ether oxygens (including phenoxy) is 1. The Hall–Kier alpha value is -5.29. The van der Waals surface area contributed by atoms with Gasteiger partial charge in [0.15, 0.2) is 0 Å². The topological polar surface area (TPSA) is 101 Å². The summed E-state index contributed by atoms with van der Waals surface area (Å²) in [6.07, 6.45) is 6.75. The first kappa shape index (κ1) is 25.4. The van der Waals surface area contributed by atoms with E-state index in [0.29, 0.717) is 29.0 Å². The Balaban J connectivity index is 1.63. The molecule has 0 unspecified atom stereocenters. The van der Waals surface area contributed by atoms with E-state index in [4.69, 9.17) is 9.84 Å². The molecule has 0 N–H and O–H groups in total. The molecule has 2 aromatic carbocycles. The number of benzene rings is 2. The number of pyridine rings is 1. The standard InChI is InChI=1S/C31H25N5O3/c1-3-39-26-13-11-23(12-14-26)29-24(20-36(34-29)25-9-5-4-6-10-25)16-27-21(2)28(17-32)31(38)35(30(27)37)19-22-8-7-15-33-18-22/h4-16,18,20H,3,19H2,1-2H3/b27-16+. The summed E-state index contributed by atoms with van der Waals surface area (Å²) in [4.78, 5) is 31.9. The van der Waals surface area contributed by atoms with Crippen molar-refractivity contribution in [3.63, 3.8) is 0 Å². The zero-order chi connectivity index (χ0) is 27.4. The van der Waals surface area contributed by atoms with Crippen molar-refractivity contribution in [2.75, 3.05) is 6.61 Å². The number of imide groups is 1. The van der Waals surface area contributed by atoms with Gasteiger partial charge in [-0.2, -0.15) is 10.4 Å². The van der Waals surface area contributed by atoms with Crippen molar-refractivity contribution in [1.29, 1.82) is 5.26 Å². The summed E-state index contributed by atoms with van der Waals surface area (Å²) in [5, 5.41) is 14.6. The number of hydrogen-bond acceptors (Lipinski definition) is 6. The SMILES string of the molecule is CCOc1ccc(-c2nn(-c3ccccc3)cc2/C=C2/C(=O)N(Cc3cccnc3)C(=O)C(C#N)=C2C)cc1. The smallest absolute Gasteiger partial charge is 0.271 e. The molecule has 0 saturated heterocycles. The second kappa shape index (κ2) is 11.0. The van der Waals surface area contributed by atoms with Gasteiger partial charge in [0.2, 0.25) is 0 Å². The van der Waals surface area contributed by atoms with E-state index in [9.17, 15) is 14.9 Å². The molecule has 2 aromatic heterocycles. The summed E-state index contributed by atoms with van der Waals surface area (Å²) >= 11 is 0. The number of nitrogens with zero attached hydrogens (tertiary/aromatic N) is 5. The monoisotopic (exact) mass is 515 g/mol. The molecule has 8 nitrogen and oxygen atoms in total. The van der Waals surface area contributed by atoms with Crippen LogP contribution in [0.1, 0.15) is 25.0 Å². The molecule has 0 saturated carbocycles. The number of aromatic nitrogens is 3. The van der Waals surface area contributed by atoms with Gasteiger partial charge in [-0.1, -0.05) is 24.3 Å². The summed E-state index contributed by atoms with van der Waals surface area (Å²) in [7, 11) is 0. The molecule has 1 aliphatic heterocycles. The maximum absolute atomic E-state index is 13.7. The number of rotatable bonds is 7. The second-order valence-corrected chi connectivity index (χ2v) is 8.90. The van der Waals surface area contributed by atoms with Crippen LogP contribution in [-0.2, 0) is 16.1 Å². The Kier molecular flexibility index (Phi) is 7.15. The first-order valence-electron chi connectivity index (χ1n) is 12.5. The van der Waals surface area contributed by atoms with Crippen LogP contribution in [0.4, 0.5) is 0 Å². The number of hydrogen-bond donors (Lipinski definition) is 0. The minimum Gasteiger partial charge on any atom is -0.494 e. The van der Waals surface area contributed by atoms with E-state index < -0.39 is 11.8 Å². The van der Waals surface area contributed by atoms with Crippen LogP contribution in [0.3, 0.4) is 0 Å². The Morgan fingerprint density at radius 1 is 1.00 bits per heavy atom. The van der Waals surface area contributed by atoms with Crippen LogP contribution >= 0.6 is 0 Å². The Bertz CT molecular complexity index is 1630. The van der Waals surface area contributed by atoms with Crippen molar-refractivity contribution < 1.29 is 14.3 Å². The summed E-state index contributed by atoms with van der Waals surface area (Å²) in [5.74, 6) is -0.355. The number of nitriles is 1. The summed E-state index contributed by atoms with van der Waals surface area (Å²) in [6.45, 7) is 4.12. The largest absolute Gasteiger partial charge is 0.494 e. The van der Waals surface area contributed by atoms with E-state index in [0.717, 1.165) is 21.9 Å². The van der Waals surface area contributed by atoms with Crippen LogP contribution in [-0.4, -0.2) is 38.1 Å². The van der Waals surface area contributed by atoms with Gasteiger partial charge in [0.1, 0.15) is 17.4 Å². The minimum absolute atomic E-state index is 0.0102. The van der Waals surface area contributed by atoms with Crippen molar-refractivity contribution in [3.8, 4) is 28.8 Å². The zero-order valence-electron chi connectivity index (χ0n) is 21.5. The highest BCUT2D eigenvalue weighted by atomic mass is 16.5. The molecule has 1 aliphatic rings. The van der Waals surface area contributed by atoms with E-state index in [2.05, 4.69) is 4.98 Å². The Labute approximate surface area is 226 Å². The number of carbonyl (C=O) groups excluding carboxylic acids is 2. The lowest BCUT2D eigenvalue weighted by molar-refractivity contribution is -0.141. The minimum atomic E-state index is -0.618. The van der Waals surface area contributed by atoms with Crippen LogP contribution in [0, 0.1) is 11.3 Å². The fourth-order valence-corrected chi connectivity index (χ4v) is 4.41. The molecular weight excluding hydrogens is 490 g/mol. The van der Waals surface area contributed by atoms with E-state index >= 15 is 0 Å². The predicted octanol–water partition coefficient (Wildman–Crippen LogP) is 5.13. The second-order valence-electron chi connectivity index (χ2n) is 8.90. The highest BCUT2D eigenvalue weighted by Crippen LogP contribution is 2.32. The number of carbonyl (C=O) groups is 2. The van der Waals surface area contributed by atoms with Gasteiger partial charge in [-0.3, -0.25) is 19.5 Å². The maximum Gasteiger partial charge on any atom is 0.271 e. The van der Waals surface area contributed by atoms with Crippen LogP contribution in [0.15, 0.2) is 102 Å². The highest BCUT2D eigenvalue weighted by Gasteiger charge is 2.35. The lowest BCUT2D eigenvalue weighted by atomic mass is 9.93. The van der Waals surface area contributed by atoms with Gasteiger partial charge in [-0.25, -0.2) is 4.68 Å². The van der Waals surface area contributed by atoms with Crippen molar-refractivity contribution in [3.05, 3.63) is 113 Å². The van der Waals surface area contributed by atoms with Crippen molar-refractivity contribution in [1.82, 2.24) is 19.7 Å². The average molecular weight is 516 g/mol. The first-order chi connectivity index (χ1) is 19.0. The third kappa shape index (κ3) is 5.11. The molecule has 3 heterocycles. The third-order valence-electron chi connectivity index (χ3n) is 6.39. The average Bonchev–Trinajstić information content (AvgIpc) is 3.39. The molecule has 0 atom stereocenters. The van der Waals surface area contributed by atoms with Gasteiger partial charge >= 0.3 is 0 Å². The van der Waals surface area contributed by atoms with Crippen molar-refractivity contribution >= 4 is 17.9 Å². The van der Waals surface area contributed by atoms with E-state index in [1.54, 1.807) is 42.2 Å². The van der Waals surface area contributed by atoms with Gasteiger partial charge in [-0.15, -0.1) is 0 Å². The zero-order valence-corrected chi connectivity index (χ0v) is 21.5. The molecule has 0 bridgehead atoms. The molecule has 5 rings (SSSR count). The van der Waals surface area contributed by atoms with Crippen molar-refractivity contribution in [2.45, 2.75) is 20.4 Å². The molecule has 8 heteroatoms. The maximum atomic E-state index is 13.7. The normalized spacial score (nSPS) is 14.6. The van der Waals surface area contributed by atoms with Crippen LogP contribution in [0.5, 0.6) is 5.75 Å². The van der Waals surface area contributed by atoms with Crippen LogP contribution < -0.4 is 4.74 Å². The number of amides is 2. The molecular formula is C31H25N5O3. The molecule has 0 fully saturated rings. The van der Waals surface area contributed by atoms with Gasteiger partial charge in [0.25, 0.3) is 11.8 Å². The quantitative estimate of drug-likeness (QED) is 0.250. The van der Waals surface area contributed by atoms with E-state index in [-0.39, 0.29) is 17.7 Å². The fourth-order valence-electron chi connectivity index (χ4n) is 4.41. The first-order valence-corrected chi connectivity index (χ1v) is 12.5. The molecule has 0 aliphatic carbocycles. The molecule has 4 aromatic rings. The lowest BCUT2D eigenvalue weighted by Crippen LogP contribution is -2.42. The van der Waals surface area contributed by atoms with Crippen molar-refractivity contribution in [2.24, 2.45) is 0 Å². The van der Waals surface area contributed by atoms with Gasteiger partial charge in [0.05, 0.1) is 24.5 Å². The summed E-state index contributed by atoms with van der Waals surface area (Å²) < 4.78 is 7.33. The molecule has 192 valence electrons. The lowest BCUT2D eigenvalue weighted by Gasteiger charge is -2.27. The highest BCUT2D eigenvalue weighted by molar-refractivity contribution is 6.19. The summed E-state index contributed by atoms with van der Waals surface area (Å²) in [5.41, 5.74) is 4.19. The van der Waals surface area contributed by atoms with Gasteiger partial charge < -0.3 is 4.74 Å². The summed E-state index contributed by atoms with van der Waals surface area (Å²) in [6, 6.07) is 22.7. The third-order valence-corrected chi connectivity index (χ3v) is 6.39. The Morgan fingerprint density at radius 3 is 2.44 bits per heavy atom. The number of para-hydroxylation sites is 1. The Morgan fingerprint density at radius 2 is 1.77 bits per heavy atom. The van der Waals surface area contributed by atoms with Gasteiger partial charge in [0, 0.05) is 35.3 Å². The van der Waals surface area contributed by atoms with Crippen LogP contribution in [0.2, 0.25) is 0 Å². The predicted molar refractivity (Wildman–Crippen MR) is 146 cm³/mol. The molecule has 0 radical (unpaired) electrons. The van der Waals surface area contributed by atoms with E-state index in [1.165, 1.54) is 0 Å². The molecule has 2 amide bonds. The molecule has 0 spiro atoms. The van der Waals surface area contributed by atoms with Gasteiger partial charge in [-0.05, 0) is 73.5 Å². The fraction of sp³-hybridized carbons (Fsp3) is 0.129. The van der Waals surface area contributed by atoms with Crippen LogP contribution in [0.25, 0.3) is 23.0 Å². The molecule has 39 heavy (non-hydrogen) atoms.